The molecule has 0 saturated carbocycles. The second kappa shape index (κ2) is 6.92. The number of halogens is 1. The van der Waals surface area contributed by atoms with Crippen LogP contribution in [0.1, 0.15) is 42.5 Å². The first-order chi connectivity index (χ1) is 9.20. The highest BCUT2D eigenvalue weighted by Gasteiger charge is 2.17. The van der Waals surface area contributed by atoms with E-state index >= 15 is 0 Å². The largest absolute Gasteiger partial charge is 0.496 e. The molecule has 0 amide bonds. The minimum Gasteiger partial charge on any atom is -0.496 e. The fraction of sp³-hybridized carbons (Fsp3) is 0.533. The van der Waals surface area contributed by atoms with E-state index in [4.69, 9.17) is 16.3 Å². The zero-order valence-electron chi connectivity index (χ0n) is 11.2. The van der Waals surface area contributed by atoms with E-state index in [2.05, 4.69) is 5.32 Å². The van der Waals surface area contributed by atoms with Crippen molar-refractivity contribution in [1.29, 1.82) is 0 Å². The van der Waals surface area contributed by atoms with Crippen molar-refractivity contribution in [2.45, 2.75) is 38.1 Å². The van der Waals surface area contributed by atoms with Crippen LogP contribution in [0, 0.1) is 0 Å². The molecule has 4 heteroatoms. The molecule has 1 aromatic carbocycles. The highest BCUT2D eigenvalue weighted by molar-refractivity contribution is 6.31. The van der Waals surface area contributed by atoms with Gasteiger partial charge in [0.05, 0.1) is 12.7 Å². The maximum absolute atomic E-state index is 12.3. The third-order valence-corrected chi connectivity index (χ3v) is 3.83. The lowest BCUT2D eigenvalue weighted by Crippen LogP contribution is -2.34. The number of hydrogen-bond acceptors (Lipinski definition) is 3. The van der Waals surface area contributed by atoms with Crippen LogP contribution in [-0.4, -0.2) is 25.5 Å². The van der Waals surface area contributed by atoms with Crippen LogP contribution in [0.15, 0.2) is 18.2 Å². The SMILES string of the molecule is COc1ccc(Cl)cc1C(=O)CCC1CCCCN1. The van der Waals surface area contributed by atoms with Crippen LogP contribution in [0.3, 0.4) is 0 Å². The van der Waals surface area contributed by atoms with Gasteiger partial charge in [-0.3, -0.25) is 4.79 Å². The smallest absolute Gasteiger partial charge is 0.166 e. The summed E-state index contributed by atoms with van der Waals surface area (Å²) in [7, 11) is 1.57. The van der Waals surface area contributed by atoms with Gasteiger partial charge >= 0.3 is 0 Å². The molecule has 1 N–H and O–H groups in total. The minimum atomic E-state index is 0.103. The highest BCUT2D eigenvalue weighted by Crippen LogP contribution is 2.25. The first-order valence-electron chi connectivity index (χ1n) is 6.81. The lowest BCUT2D eigenvalue weighted by molar-refractivity contribution is 0.0971. The third-order valence-electron chi connectivity index (χ3n) is 3.59. The molecule has 0 bridgehead atoms. The number of ether oxygens (including phenoxy) is 1. The van der Waals surface area contributed by atoms with Gasteiger partial charge in [-0.15, -0.1) is 0 Å². The van der Waals surface area contributed by atoms with Gasteiger partial charge < -0.3 is 10.1 Å². The predicted molar refractivity (Wildman–Crippen MR) is 77.2 cm³/mol. The van der Waals surface area contributed by atoms with E-state index in [-0.39, 0.29) is 5.78 Å². The molecule has 1 unspecified atom stereocenters. The Kier molecular flexibility index (Phi) is 5.23. The summed E-state index contributed by atoms with van der Waals surface area (Å²) in [6.07, 6.45) is 5.09. The molecule has 1 fully saturated rings. The summed E-state index contributed by atoms with van der Waals surface area (Å²) in [5.74, 6) is 0.706. The first kappa shape index (κ1) is 14.4. The average molecular weight is 282 g/mol. The standard InChI is InChI=1S/C15H20ClNO2/c1-19-15-8-5-11(16)10-13(15)14(18)7-6-12-4-2-3-9-17-12/h5,8,10,12,17H,2-4,6-7,9H2,1H3. The van der Waals surface area contributed by atoms with Crippen LogP contribution in [0.2, 0.25) is 5.02 Å². The van der Waals surface area contributed by atoms with Crippen LogP contribution in [0.4, 0.5) is 0 Å². The maximum Gasteiger partial charge on any atom is 0.166 e. The van der Waals surface area contributed by atoms with Gasteiger partial charge in [0.25, 0.3) is 0 Å². The third kappa shape index (κ3) is 3.95. The Morgan fingerprint density at radius 2 is 2.32 bits per heavy atom. The molecular weight excluding hydrogens is 262 g/mol. The average Bonchev–Trinajstić information content (AvgIpc) is 2.46. The van der Waals surface area contributed by atoms with Gasteiger partial charge in [0.1, 0.15) is 5.75 Å². The molecule has 1 heterocycles. The van der Waals surface area contributed by atoms with Crippen molar-refractivity contribution < 1.29 is 9.53 Å². The molecule has 19 heavy (non-hydrogen) atoms. The fourth-order valence-corrected chi connectivity index (χ4v) is 2.68. The molecule has 0 radical (unpaired) electrons. The Morgan fingerprint density at radius 1 is 1.47 bits per heavy atom. The summed E-state index contributed by atoms with van der Waals surface area (Å²) in [6, 6.07) is 5.65. The van der Waals surface area contributed by atoms with Gasteiger partial charge in [0.2, 0.25) is 0 Å². The van der Waals surface area contributed by atoms with E-state index in [1.54, 1.807) is 25.3 Å². The van der Waals surface area contributed by atoms with Crippen molar-refractivity contribution in [3.8, 4) is 5.75 Å². The number of benzene rings is 1. The van der Waals surface area contributed by atoms with Crippen LogP contribution in [0.25, 0.3) is 0 Å². The molecule has 104 valence electrons. The van der Waals surface area contributed by atoms with Gasteiger partial charge in [-0.05, 0) is 44.0 Å². The Morgan fingerprint density at radius 3 is 3.00 bits per heavy atom. The van der Waals surface area contributed by atoms with Gasteiger partial charge in [-0.25, -0.2) is 0 Å². The Labute approximate surface area is 119 Å². The molecule has 1 aliphatic heterocycles. The number of carbonyl (C=O) groups is 1. The van der Waals surface area contributed by atoms with E-state index in [1.165, 1.54) is 19.3 Å². The molecule has 2 rings (SSSR count). The predicted octanol–water partition coefficient (Wildman–Crippen LogP) is 3.45. The summed E-state index contributed by atoms with van der Waals surface area (Å²) < 4.78 is 5.22. The lowest BCUT2D eigenvalue weighted by atomic mass is 9.97. The first-order valence-corrected chi connectivity index (χ1v) is 7.18. The van der Waals surface area contributed by atoms with E-state index in [9.17, 15) is 4.79 Å². The Bertz CT molecular complexity index is 442. The maximum atomic E-state index is 12.3. The number of nitrogens with one attached hydrogen (secondary N) is 1. The summed E-state index contributed by atoms with van der Waals surface area (Å²) in [5, 5.41) is 4.03. The van der Waals surface area contributed by atoms with E-state index < -0.39 is 0 Å². The van der Waals surface area contributed by atoms with Crippen molar-refractivity contribution in [2.75, 3.05) is 13.7 Å². The molecule has 1 aliphatic rings. The van der Waals surface area contributed by atoms with Crippen molar-refractivity contribution >= 4 is 17.4 Å². The van der Waals surface area contributed by atoms with Crippen molar-refractivity contribution in [1.82, 2.24) is 5.32 Å². The van der Waals surface area contributed by atoms with Crippen molar-refractivity contribution in [3.05, 3.63) is 28.8 Å². The Hall–Kier alpha value is -1.06. The molecule has 1 atom stereocenters. The second-order valence-corrected chi connectivity index (χ2v) is 5.39. The molecule has 0 aliphatic carbocycles. The number of ketones is 1. The van der Waals surface area contributed by atoms with Crippen LogP contribution < -0.4 is 10.1 Å². The topological polar surface area (TPSA) is 38.3 Å². The summed E-state index contributed by atoms with van der Waals surface area (Å²) >= 11 is 5.95. The van der Waals surface area contributed by atoms with Crippen LogP contribution in [0.5, 0.6) is 5.75 Å². The molecule has 1 aromatic rings. The zero-order chi connectivity index (χ0) is 13.7. The van der Waals surface area contributed by atoms with Crippen LogP contribution >= 0.6 is 11.6 Å². The summed E-state index contributed by atoms with van der Waals surface area (Å²) in [6.45, 7) is 1.07. The highest BCUT2D eigenvalue weighted by atomic mass is 35.5. The van der Waals surface area contributed by atoms with Gasteiger partial charge in [0, 0.05) is 17.5 Å². The number of piperidine rings is 1. The fourth-order valence-electron chi connectivity index (χ4n) is 2.51. The Balaban J connectivity index is 1.97. The molecule has 1 saturated heterocycles. The molecule has 0 spiro atoms. The molecular formula is C15H20ClNO2. The van der Waals surface area contributed by atoms with Gasteiger partial charge in [-0.2, -0.15) is 0 Å². The zero-order valence-corrected chi connectivity index (χ0v) is 12.0. The summed E-state index contributed by atoms with van der Waals surface area (Å²) in [4.78, 5) is 12.3. The molecule has 3 nitrogen and oxygen atoms in total. The number of rotatable bonds is 5. The lowest BCUT2D eigenvalue weighted by Gasteiger charge is -2.23. The second-order valence-electron chi connectivity index (χ2n) is 4.95. The number of Topliss-reactive ketones (excluding diaryl/α,β-unsaturated/α-hetero) is 1. The normalized spacial score (nSPS) is 19.2. The summed E-state index contributed by atoms with van der Waals surface area (Å²) in [5.41, 5.74) is 0.589. The monoisotopic (exact) mass is 281 g/mol. The number of carbonyl (C=O) groups excluding carboxylic acids is 1. The molecule has 0 aromatic heterocycles. The van der Waals surface area contributed by atoms with Crippen LogP contribution in [-0.2, 0) is 0 Å². The quantitative estimate of drug-likeness (QED) is 0.840. The minimum absolute atomic E-state index is 0.103. The van der Waals surface area contributed by atoms with E-state index in [0.717, 1.165) is 13.0 Å². The van der Waals surface area contributed by atoms with Gasteiger partial charge in [0.15, 0.2) is 5.78 Å². The number of hydrogen-bond donors (Lipinski definition) is 1. The van der Waals surface area contributed by atoms with E-state index in [1.807, 2.05) is 0 Å². The van der Waals surface area contributed by atoms with E-state index in [0.29, 0.717) is 28.8 Å². The van der Waals surface area contributed by atoms with Crippen molar-refractivity contribution in [3.63, 3.8) is 0 Å². The van der Waals surface area contributed by atoms with Gasteiger partial charge in [-0.1, -0.05) is 18.0 Å². The number of methoxy groups -OCH3 is 1. The van der Waals surface area contributed by atoms with Crippen molar-refractivity contribution in [2.24, 2.45) is 0 Å².